The summed E-state index contributed by atoms with van der Waals surface area (Å²) in [5.74, 6) is 3.35. The van der Waals surface area contributed by atoms with Crippen molar-refractivity contribution in [2.75, 3.05) is 0 Å². The molecular weight excluding hydrogens is 351 g/mol. The lowest BCUT2D eigenvalue weighted by molar-refractivity contribution is 0.554. The average Bonchev–Trinajstić information content (AvgIpc) is 2.97. The van der Waals surface area contributed by atoms with Crippen molar-refractivity contribution in [2.24, 2.45) is 0 Å². The van der Waals surface area contributed by atoms with Gasteiger partial charge in [0.25, 0.3) is 0 Å². The molecule has 0 amide bonds. The van der Waals surface area contributed by atoms with Crippen molar-refractivity contribution in [3.63, 3.8) is 0 Å². The van der Waals surface area contributed by atoms with Crippen LogP contribution in [0.25, 0.3) is 0 Å². The Morgan fingerprint density at radius 2 is 1.35 bits per heavy atom. The first kappa shape index (κ1) is 21.2. The minimum absolute atomic E-state index is 0.105. The highest BCUT2D eigenvalue weighted by atomic mass is 32.1. The summed E-state index contributed by atoms with van der Waals surface area (Å²) in [5, 5.41) is 5.66. The summed E-state index contributed by atoms with van der Waals surface area (Å²) in [7, 11) is 0.511. The van der Waals surface area contributed by atoms with Crippen molar-refractivity contribution in [1.29, 1.82) is 0 Å². The average molecular weight is 385 g/mol. The summed E-state index contributed by atoms with van der Waals surface area (Å²) < 4.78 is 0. The lowest BCUT2D eigenvalue weighted by Gasteiger charge is -2.33. The minimum Gasteiger partial charge on any atom is -0.151 e. The van der Waals surface area contributed by atoms with Gasteiger partial charge in [0.1, 0.15) is 0 Å². The van der Waals surface area contributed by atoms with Gasteiger partial charge in [0.15, 0.2) is 0 Å². The quantitative estimate of drug-likeness (QED) is 0.368. The van der Waals surface area contributed by atoms with Crippen LogP contribution < -0.4 is 5.30 Å². The molecule has 140 valence electrons. The Labute approximate surface area is 166 Å². The zero-order chi connectivity index (χ0) is 19.8. The van der Waals surface area contributed by atoms with E-state index in [0.29, 0.717) is 8.58 Å². The maximum atomic E-state index is 3.47. The molecule has 1 aromatic carbocycles. The summed E-state index contributed by atoms with van der Waals surface area (Å²) in [4.78, 5) is 0. The van der Waals surface area contributed by atoms with Gasteiger partial charge in [0.2, 0.25) is 0 Å². The molecule has 2 aromatic rings. The Bertz CT molecular complexity index is 775. The van der Waals surface area contributed by atoms with Crippen molar-refractivity contribution in [1.82, 2.24) is 0 Å². The van der Waals surface area contributed by atoms with Gasteiger partial charge in [-0.25, -0.2) is 0 Å². The van der Waals surface area contributed by atoms with Gasteiger partial charge in [0, 0.05) is 10.9 Å². The van der Waals surface area contributed by atoms with E-state index < -0.39 is 0 Å². The maximum absolute atomic E-state index is 3.47. The third-order valence-electron chi connectivity index (χ3n) is 4.54. The molecule has 2 heteroatoms. The first-order chi connectivity index (χ1) is 11.8. The zero-order valence-electron chi connectivity index (χ0n) is 17.8. The molecule has 0 bridgehead atoms. The van der Waals surface area contributed by atoms with Crippen molar-refractivity contribution in [3.05, 3.63) is 51.2 Å². The second kappa shape index (κ2) is 7.50. The summed E-state index contributed by atoms with van der Waals surface area (Å²) >= 11 is 1.71. The maximum Gasteiger partial charge on any atom is 0.0355 e. The van der Waals surface area contributed by atoms with Crippen molar-refractivity contribution >= 4 is 25.2 Å². The molecule has 0 aliphatic rings. The fourth-order valence-corrected chi connectivity index (χ4v) is 4.98. The Morgan fingerprint density at radius 1 is 0.808 bits per heavy atom. The van der Waals surface area contributed by atoms with Gasteiger partial charge in [-0.3, -0.25) is 0 Å². The van der Waals surface area contributed by atoms with Crippen molar-refractivity contribution < 1.29 is 0 Å². The van der Waals surface area contributed by atoms with Crippen LogP contribution >= 0.6 is 19.9 Å². The molecule has 1 heterocycles. The molecule has 0 fully saturated rings. The molecule has 26 heavy (non-hydrogen) atoms. The predicted octanol–water partition coefficient (Wildman–Crippen LogP) is 6.95. The second-order valence-corrected chi connectivity index (χ2v) is 11.9. The van der Waals surface area contributed by atoms with Gasteiger partial charge in [0.05, 0.1) is 0 Å². The molecule has 0 spiro atoms. The van der Waals surface area contributed by atoms with Gasteiger partial charge < -0.3 is 0 Å². The van der Waals surface area contributed by atoms with Crippen LogP contribution in [0, 0.1) is 11.6 Å². The van der Waals surface area contributed by atoms with E-state index in [4.69, 9.17) is 0 Å². The summed E-state index contributed by atoms with van der Waals surface area (Å²) in [5.41, 5.74) is 9.28. The van der Waals surface area contributed by atoms with Crippen LogP contribution in [0.1, 0.15) is 84.6 Å². The number of thiophene rings is 1. The molecule has 2 rings (SSSR count). The van der Waals surface area contributed by atoms with E-state index in [0.717, 1.165) is 5.56 Å². The van der Waals surface area contributed by atoms with E-state index in [1.807, 2.05) is 0 Å². The normalized spacial score (nSPS) is 13.1. The highest BCUT2D eigenvalue weighted by Gasteiger charge is 2.28. The van der Waals surface area contributed by atoms with Crippen LogP contribution in [0.15, 0.2) is 29.0 Å². The Balaban J connectivity index is 2.66. The molecule has 1 aromatic heterocycles. The van der Waals surface area contributed by atoms with Crippen molar-refractivity contribution in [2.45, 2.75) is 78.6 Å². The van der Waals surface area contributed by atoms with Crippen LogP contribution in [0.2, 0.25) is 0 Å². The van der Waals surface area contributed by atoms with E-state index in [9.17, 15) is 0 Å². The first-order valence-electron chi connectivity index (χ1n) is 9.29. The minimum atomic E-state index is 0.105. The third kappa shape index (κ3) is 5.22. The zero-order valence-corrected chi connectivity index (χ0v) is 19.6. The third-order valence-corrected chi connectivity index (χ3v) is 6.26. The fourth-order valence-electron chi connectivity index (χ4n) is 2.89. The molecule has 0 aliphatic carbocycles. The SMILES string of the molecule is CC(C)(C)c1cc(C(C)(C)C)c(PC#Cc2ccsc2)c(C(C)(C)C)c1. The summed E-state index contributed by atoms with van der Waals surface area (Å²) in [6, 6.07) is 6.97. The van der Waals surface area contributed by atoms with Gasteiger partial charge in [-0.05, 0) is 58.3 Å². The topological polar surface area (TPSA) is 0 Å². The van der Waals surface area contributed by atoms with E-state index in [1.54, 1.807) is 11.3 Å². The van der Waals surface area contributed by atoms with Gasteiger partial charge in [-0.1, -0.05) is 86.0 Å². The number of rotatable bonds is 1. The molecule has 0 saturated heterocycles. The highest BCUT2D eigenvalue weighted by Crippen LogP contribution is 2.36. The molecular formula is C24H33PS. The molecule has 1 atom stereocenters. The largest absolute Gasteiger partial charge is 0.151 e. The van der Waals surface area contributed by atoms with Crippen LogP contribution in [0.3, 0.4) is 0 Å². The van der Waals surface area contributed by atoms with Crippen LogP contribution in [0.5, 0.6) is 0 Å². The molecule has 0 aliphatic heterocycles. The Kier molecular flexibility index (Phi) is 6.12. The number of benzene rings is 1. The summed E-state index contributed by atoms with van der Waals surface area (Å²) in [6.45, 7) is 20.8. The molecule has 1 unspecified atom stereocenters. The lowest BCUT2D eigenvalue weighted by atomic mass is 9.75. The predicted molar refractivity (Wildman–Crippen MR) is 122 cm³/mol. The smallest absolute Gasteiger partial charge is 0.0355 e. The van der Waals surface area contributed by atoms with Crippen LogP contribution in [0.4, 0.5) is 0 Å². The van der Waals surface area contributed by atoms with E-state index >= 15 is 0 Å². The van der Waals surface area contributed by atoms with E-state index in [-0.39, 0.29) is 16.2 Å². The van der Waals surface area contributed by atoms with Crippen LogP contribution in [-0.4, -0.2) is 0 Å². The molecule has 0 radical (unpaired) electrons. The second-order valence-electron chi connectivity index (χ2n) is 10.1. The van der Waals surface area contributed by atoms with E-state index in [2.05, 4.69) is 103 Å². The van der Waals surface area contributed by atoms with Gasteiger partial charge >= 0.3 is 0 Å². The molecule has 0 N–H and O–H groups in total. The van der Waals surface area contributed by atoms with Gasteiger partial charge in [-0.2, -0.15) is 11.3 Å². The number of hydrogen-bond donors (Lipinski definition) is 0. The van der Waals surface area contributed by atoms with E-state index in [1.165, 1.54) is 22.0 Å². The standard InChI is InChI=1S/C24H33PS/c1-22(2,3)18-14-19(23(4,5)6)21(20(15-18)24(7,8)9)25-12-10-17-11-13-26-16-17/h11,13-16,25H,1-9H3. The lowest BCUT2D eigenvalue weighted by Crippen LogP contribution is -2.30. The monoisotopic (exact) mass is 384 g/mol. The molecule has 0 nitrogen and oxygen atoms in total. The van der Waals surface area contributed by atoms with Crippen LogP contribution in [-0.2, 0) is 16.2 Å². The summed E-state index contributed by atoms with van der Waals surface area (Å²) in [6.07, 6.45) is 0. The van der Waals surface area contributed by atoms with Crippen molar-refractivity contribution in [3.8, 4) is 11.6 Å². The highest BCUT2D eigenvalue weighted by molar-refractivity contribution is 7.52. The fraction of sp³-hybridized carbons (Fsp3) is 0.500. The molecule has 0 saturated carbocycles. The van der Waals surface area contributed by atoms with Gasteiger partial charge in [-0.15, -0.1) is 0 Å². The Morgan fingerprint density at radius 3 is 1.73 bits per heavy atom. The first-order valence-corrected chi connectivity index (χ1v) is 11.2. The number of hydrogen-bond acceptors (Lipinski definition) is 1. The Hall–Kier alpha value is -1.09.